The number of alkyl halides is 1. The van der Waals surface area contributed by atoms with Gasteiger partial charge in [0.1, 0.15) is 23.6 Å². The van der Waals surface area contributed by atoms with Crippen LogP contribution in [0.2, 0.25) is 5.02 Å². The molecule has 1 aromatic heterocycles. The van der Waals surface area contributed by atoms with Crippen LogP contribution in [0.5, 0.6) is 5.75 Å². The molecule has 9 heteroatoms. The molecule has 0 bridgehead atoms. The molecule has 0 radical (unpaired) electrons. The second-order valence-electron chi connectivity index (χ2n) is 9.55. The van der Waals surface area contributed by atoms with Gasteiger partial charge in [-0.1, -0.05) is 23.4 Å². The summed E-state index contributed by atoms with van der Waals surface area (Å²) in [5, 5.41) is 10.3. The molecule has 0 spiro atoms. The van der Waals surface area contributed by atoms with Crippen LogP contribution >= 0.6 is 11.6 Å². The molecule has 4 rings (SSSR count). The smallest absolute Gasteiger partial charge is 0.303 e. The zero-order chi connectivity index (χ0) is 27.2. The average Bonchev–Trinajstić information content (AvgIpc) is 2.86. The Morgan fingerprint density at radius 3 is 2.71 bits per heavy atom. The van der Waals surface area contributed by atoms with Gasteiger partial charge < -0.3 is 9.84 Å². The zero-order valence-electron chi connectivity index (χ0n) is 20.9. The predicted molar refractivity (Wildman–Crippen MR) is 140 cm³/mol. The molecule has 0 aliphatic carbocycles. The maximum atomic E-state index is 15.6. The molecule has 200 valence electrons. The number of likely N-dealkylation sites (tertiary alicyclic amines) is 1. The highest BCUT2D eigenvalue weighted by Gasteiger charge is 2.31. The number of benzene rings is 2. The Kier molecular flexibility index (Phi) is 9.13. The van der Waals surface area contributed by atoms with Crippen LogP contribution in [0.1, 0.15) is 43.0 Å². The maximum absolute atomic E-state index is 15.6. The Hall–Kier alpha value is -3.28. The first-order valence-corrected chi connectivity index (χ1v) is 12.8. The first kappa shape index (κ1) is 27.7. The second kappa shape index (κ2) is 12.5. The number of carbonyl (C=O) groups is 1. The number of fused-ring (bicyclic) bond motifs is 1. The van der Waals surface area contributed by atoms with Gasteiger partial charge in [-0.05, 0) is 68.0 Å². The molecule has 1 aliphatic heterocycles. The number of aliphatic carboxylic acids is 1. The van der Waals surface area contributed by atoms with Gasteiger partial charge in [0.2, 0.25) is 0 Å². The van der Waals surface area contributed by atoms with E-state index in [9.17, 15) is 18.7 Å². The van der Waals surface area contributed by atoms with Crippen molar-refractivity contribution in [2.45, 2.75) is 31.9 Å². The van der Waals surface area contributed by atoms with E-state index in [0.717, 1.165) is 18.2 Å². The summed E-state index contributed by atoms with van der Waals surface area (Å²) in [6.45, 7) is 1.50. The van der Waals surface area contributed by atoms with Gasteiger partial charge in [0.15, 0.2) is 0 Å². The van der Waals surface area contributed by atoms with Crippen LogP contribution < -0.4 is 4.74 Å². The molecule has 1 N–H and O–H groups in total. The van der Waals surface area contributed by atoms with Crippen molar-refractivity contribution in [3.8, 4) is 17.6 Å². The number of nitrogens with zero attached hydrogens (tertiary/aromatic N) is 2. The number of pyridine rings is 1. The van der Waals surface area contributed by atoms with Crippen LogP contribution in [0, 0.1) is 35.3 Å². The lowest BCUT2D eigenvalue weighted by Gasteiger charge is -2.37. The molecule has 3 aromatic rings. The van der Waals surface area contributed by atoms with Gasteiger partial charge in [0.25, 0.3) is 0 Å². The molecule has 1 fully saturated rings. The average molecular weight is 545 g/mol. The van der Waals surface area contributed by atoms with Crippen molar-refractivity contribution in [3.63, 3.8) is 0 Å². The van der Waals surface area contributed by atoms with E-state index >= 15 is 4.39 Å². The summed E-state index contributed by atoms with van der Waals surface area (Å²) >= 11 is 6.36. The standard InChI is InChI=1S/C29H28ClF3N2O3/c1-38-23-5-7-27-24(15-23)29(25(30)16-34-27)26(33)6-4-19-8-10-35(17-20(19)13-28(36)37)9-2-3-18-11-21(31)14-22(32)12-18/h5,7,11-12,14-16,19-20,26H,4,6,8-10,13,17H2,1H3,(H,36,37). The normalized spacial score (nSPS) is 18.6. The molecule has 2 heterocycles. The van der Waals surface area contributed by atoms with E-state index < -0.39 is 23.8 Å². The number of aromatic nitrogens is 1. The van der Waals surface area contributed by atoms with Gasteiger partial charge >= 0.3 is 5.97 Å². The number of piperidine rings is 1. The number of hydrogen-bond donors (Lipinski definition) is 1. The Labute approximate surface area is 224 Å². The first-order valence-electron chi connectivity index (χ1n) is 12.4. The Morgan fingerprint density at radius 1 is 1.24 bits per heavy atom. The third-order valence-electron chi connectivity index (χ3n) is 6.98. The van der Waals surface area contributed by atoms with Crippen molar-refractivity contribution in [1.82, 2.24) is 9.88 Å². The van der Waals surface area contributed by atoms with Crippen LogP contribution in [-0.4, -0.2) is 47.7 Å². The molecule has 2 aromatic carbocycles. The van der Waals surface area contributed by atoms with Crippen molar-refractivity contribution in [1.29, 1.82) is 0 Å². The minimum atomic E-state index is -1.35. The number of ether oxygens (including phenoxy) is 1. The summed E-state index contributed by atoms with van der Waals surface area (Å²) in [6, 6.07) is 8.35. The van der Waals surface area contributed by atoms with Crippen LogP contribution in [0.4, 0.5) is 13.2 Å². The molecule has 3 unspecified atom stereocenters. The number of carboxylic acid groups (broad SMARTS) is 1. The Balaban J connectivity index is 1.42. The molecule has 5 nitrogen and oxygen atoms in total. The Morgan fingerprint density at radius 2 is 2.00 bits per heavy atom. The monoisotopic (exact) mass is 544 g/mol. The van der Waals surface area contributed by atoms with Crippen LogP contribution in [-0.2, 0) is 4.79 Å². The van der Waals surface area contributed by atoms with Crippen LogP contribution in [0.25, 0.3) is 10.9 Å². The van der Waals surface area contributed by atoms with E-state index in [-0.39, 0.29) is 35.3 Å². The van der Waals surface area contributed by atoms with Gasteiger partial charge in [0.05, 0.1) is 24.2 Å². The van der Waals surface area contributed by atoms with Crippen molar-refractivity contribution in [2.24, 2.45) is 11.8 Å². The van der Waals surface area contributed by atoms with Crippen molar-refractivity contribution < 1.29 is 27.8 Å². The van der Waals surface area contributed by atoms with Gasteiger partial charge in [-0.2, -0.15) is 0 Å². The van der Waals surface area contributed by atoms with Crippen molar-refractivity contribution >= 4 is 28.5 Å². The fraction of sp³-hybridized carbons (Fsp3) is 0.379. The maximum Gasteiger partial charge on any atom is 0.303 e. The summed E-state index contributed by atoms with van der Waals surface area (Å²) in [5.41, 5.74) is 1.23. The SMILES string of the molecule is COc1ccc2ncc(Cl)c(C(F)CCC3CCN(CC#Cc4cc(F)cc(F)c4)CC3CC(=O)O)c2c1. The minimum Gasteiger partial charge on any atom is -0.497 e. The Bertz CT molecular complexity index is 1350. The van der Waals surface area contributed by atoms with Gasteiger partial charge in [-0.25, -0.2) is 13.2 Å². The van der Waals surface area contributed by atoms with E-state index in [4.69, 9.17) is 16.3 Å². The quantitative estimate of drug-likeness (QED) is 0.331. The van der Waals surface area contributed by atoms with E-state index in [1.165, 1.54) is 13.3 Å². The summed E-state index contributed by atoms with van der Waals surface area (Å²) in [6.07, 6.45) is 1.47. The number of carboxylic acids is 1. The third kappa shape index (κ3) is 6.97. The molecule has 3 atom stereocenters. The summed E-state index contributed by atoms with van der Waals surface area (Å²) in [7, 11) is 1.54. The van der Waals surface area contributed by atoms with E-state index in [2.05, 4.69) is 16.8 Å². The van der Waals surface area contributed by atoms with Crippen LogP contribution in [0.3, 0.4) is 0 Å². The molecule has 1 saturated heterocycles. The van der Waals surface area contributed by atoms with E-state index in [1.807, 2.05) is 4.90 Å². The van der Waals surface area contributed by atoms with Crippen molar-refractivity contribution in [3.05, 3.63) is 70.4 Å². The first-order chi connectivity index (χ1) is 18.2. The highest BCUT2D eigenvalue weighted by molar-refractivity contribution is 6.32. The van der Waals surface area contributed by atoms with Crippen molar-refractivity contribution in [2.75, 3.05) is 26.7 Å². The van der Waals surface area contributed by atoms with E-state index in [1.54, 1.807) is 18.2 Å². The molecule has 38 heavy (non-hydrogen) atoms. The fourth-order valence-corrected chi connectivity index (χ4v) is 5.40. The molecular weight excluding hydrogens is 517 g/mol. The van der Waals surface area contributed by atoms with Gasteiger partial charge in [0, 0.05) is 41.7 Å². The lowest BCUT2D eigenvalue weighted by Crippen LogP contribution is -2.41. The molecule has 0 amide bonds. The summed E-state index contributed by atoms with van der Waals surface area (Å²) in [5.74, 6) is 3.82. The number of halogens is 4. The molecule has 1 aliphatic rings. The minimum absolute atomic E-state index is 0.0206. The number of rotatable bonds is 8. The molecular formula is C29H28ClF3N2O3. The highest BCUT2D eigenvalue weighted by atomic mass is 35.5. The number of hydrogen-bond acceptors (Lipinski definition) is 4. The van der Waals surface area contributed by atoms with Gasteiger partial charge in [-0.3, -0.25) is 14.7 Å². The third-order valence-corrected chi connectivity index (χ3v) is 7.28. The zero-order valence-corrected chi connectivity index (χ0v) is 21.6. The second-order valence-corrected chi connectivity index (χ2v) is 9.96. The predicted octanol–water partition coefficient (Wildman–Crippen LogP) is 6.43. The highest BCUT2D eigenvalue weighted by Crippen LogP contribution is 2.39. The summed E-state index contributed by atoms with van der Waals surface area (Å²) < 4.78 is 47.7. The summed E-state index contributed by atoms with van der Waals surface area (Å²) in [4.78, 5) is 17.9. The van der Waals surface area contributed by atoms with Gasteiger partial charge in [-0.15, -0.1) is 0 Å². The lowest BCUT2D eigenvalue weighted by molar-refractivity contribution is -0.139. The van der Waals surface area contributed by atoms with Crippen LogP contribution in [0.15, 0.2) is 42.6 Å². The van der Waals surface area contributed by atoms with E-state index in [0.29, 0.717) is 54.7 Å². The topological polar surface area (TPSA) is 62.7 Å². The lowest BCUT2D eigenvalue weighted by atomic mass is 9.79. The fourth-order valence-electron chi connectivity index (χ4n) is 5.13. The number of methoxy groups -OCH3 is 1. The largest absolute Gasteiger partial charge is 0.497 e. The molecule has 0 saturated carbocycles.